The van der Waals surface area contributed by atoms with E-state index in [0.29, 0.717) is 23.4 Å². The highest BCUT2D eigenvalue weighted by Crippen LogP contribution is 2.36. The van der Waals surface area contributed by atoms with E-state index in [-0.39, 0.29) is 11.3 Å². The number of aromatic nitrogens is 2. The Kier molecular flexibility index (Phi) is 5.12. The van der Waals surface area contributed by atoms with Gasteiger partial charge in [-0.15, -0.1) is 0 Å². The zero-order valence-electron chi connectivity index (χ0n) is 13.1. The molecule has 5 nitrogen and oxygen atoms in total. The monoisotopic (exact) mass is 329 g/mol. The molecule has 8 heteroatoms. The van der Waals surface area contributed by atoms with Crippen molar-refractivity contribution < 1.29 is 22.6 Å². The number of anilines is 1. The summed E-state index contributed by atoms with van der Waals surface area (Å²) < 4.78 is 49.3. The molecule has 0 saturated carbocycles. The summed E-state index contributed by atoms with van der Waals surface area (Å²) in [7, 11) is 2.87. The third-order valence-corrected chi connectivity index (χ3v) is 3.28. The van der Waals surface area contributed by atoms with Crippen LogP contribution in [0, 0.1) is 0 Å². The van der Waals surface area contributed by atoms with Crippen molar-refractivity contribution in [3.05, 3.63) is 18.0 Å². The minimum absolute atomic E-state index is 0.136. The lowest BCUT2D eigenvalue weighted by atomic mass is 10.2. The van der Waals surface area contributed by atoms with Crippen molar-refractivity contribution in [3.8, 4) is 11.5 Å². The number of hydrogen-bond acceptors (Lipinski definition) is 5. The predicted octanol–water partition coefficient (Wildman–Crippen LogP) is 3.88. The summed E-state index contributed by atoms with van der Waals surface area (Å²) >= 11 is 0. The Hall–Kier alpha value is -2.25. The van der Waals surface area contributed by atoms with Gasteiger partial charge in [0.25, 0.3) is 0 Å². The number of nitrogens with zero attached hydrogens (tertiary/aromatic N) is 2. The summed E-state index contributed by atoms with van der Waals surface area (Å²) in [6.07, 6.45) is -2.89. The van der Waals surface area contributed by atoms with Gasteiger partial charge in [0.15, 0.2) is 11.5 Å². The van der Waals surface area contributed by atoms with Gasteiger partial charge in [0.2, 0.25) is 5.82 Å². The molecule has 0 bridgehead atoms. The summed E-state index contributed by atoms with van der Waals surface area (Å²) in [4.78, 5) is 7.24. The number of benzene rings is 1. The first-order valence-electron chi connectivity index (χ1n) is 7.15. The molecule has 1 aromatic carbocycles. The molecule has 0 atom stereocenters. The smallest absolute Gasteiger partial charge is 0.451 e. The lowest BCUT2D eigenvalue weighted by Gasteiger charge is -2.14. The third kappa shape index (κ3) is 3.75. The molecule has 2 aromatic rings. The van der Waals surface area contributed by atoms with E-state index in [1.807, 2.05) is 6.92 Å². The van der Waals surface area contributed by atoms with E-state index in [1.165, 1.54) is 20.3 Å². The van der Waals surface area contributed by atoms with Crippen LogP contribution in [-0.4, -0.2) is 30.7 Å². The fourth-order valence-corrected chi connectivity index (χ4v) is 2.10. The Bertz CT molecular complexity index is 690. The van der Waals surface area contributed by atoms with E-state index in [1.54, 1.807) is 6.07 Å². The van der Waals surface area contributed by atoms with Crippen LogP contribution >= 0.6 is 0 Å². The quantitative estimate of drug-likeness (QED) is 0.815. The number of ether oxygens (including phenoxy) is 2. The normalized spacial score (nSPS) is 11.6. The average molecular weight is 329 g/mol. The van der Waals surface area contributed by atoms with Gasteiger partial charge in [-0.25, -0.2) is 9.97 Å². The van der Waals surface area contributed by atoms with E-state index in [9.17, 15) is 13.2 Å². The van der Waals surface area contributed by atoms with Crippen LogP contribution in [0.4, 0.5) is 19.0 Å². The van der Waals surface area contributed by atoms with Gasteiger partial charge in [-0.05, 0) is 12.5 Å². The summed E-state index contributed by atoms with van der Waals surface area (Å²) in [5.41, 5.74) is 0.143. The highest BCUT2D eigenvalue weighted by atomic mass is 19.4. The number of halogens is 3. The standard InChI is InChI=1S/C15H18F3N3O2/c1-4-5-6-19-13-9-7-11(22-2)12(23-3)8-10(9)20-14(21-13)15(16,17)18/h7-8H,4-6H2,1-3H3,(H,19,20,21). The molecule has 0 aliphatic carbocycles. The lowest BCUT2D eigenvalue weighted by molar-refractivity contribution is -0.144. The number of rotatable bonds is 6. The minimum atomic E-state index is -4.62. The number of methoxy groups -OCH3 is 2. The number of hydrogen-bond donors (Lipinski definition) is 1. The molecule has 0 aliphatic heterocycles. The number of alkyl halides is 3. The molecule has 126 valence electrons. The van der Waals surface area contributed by atoms with E-state index in [2.05, 4.69) is 15.3 Å². The fourth-order valence-electron chi connectivity index (χ4n) is 2.10. The Morgan fingerprint density at radius 2 is 1.74 bits per heavy atom. The first-order chi connectivity index (χ1) is 10.9. The van der Waals surface area contributed by atoms with E-state index < -0.39 is 12.0 Å². The molecule has 0 spiro atoms. The van der Waals surface area contributed by atoms with Crippen LogP contribution in [0.2, 0.25) is 0 Å². The summed E-state index contributed by atoms with van der Waals surface area (Å²) in [6, 6.07) is 2.98. The molecule has 0 fully saturated rings. The molecule has 2 rings (SSSR count). The second-order valence-corrected chi connectivity index (χ2v) is 4.90. The number of fused-ring (bicyclic) bond motifs is 1. The van der Waals surface area contributed by atoms with Crippen LogP contribution in [-0.2, 0) is 6.18 Å². The van der Waals surface area contributed by atoms with Crippen molar-refractivity contribution in [2.75, 3.05) is 26.1 Å². The molecule has 0 amide bonds. The van der Waals surface area contributed by atoms with Gasteiger partial charge in [-0.3, -0.25) is 0 Å². The van der Waals surface area contributed by atoms with E-state index in [0.717, 1.165) is 12.8 Å². The van der Waals surface area contributed by atoms with Gasteiger partial charge in [0, 0.05) is 18.0 Å². The Morgan fingerprint density at radius 1 is 1.09 bits per heavy atom. The molecular weight excluding hydrogens is 311 g/mol. The van der Waals surface area contributed by atoms with Crippen molar-refractivity contribution in [1.82, 2.24) is 9.97 Å². The summed E-state index contributed by atoms with van der Waals surface area (Å²) in [6.45, 7) is 2.52. The van der Waals surface area contributed by atoms with Gasteiger partial charge in [-0.2, -0.15) is 13.2 Å². The summed E-state index contributed by atoms with van der Waals surface area (Å²) in [5, 5.41) is 3.39. The summed E-state index contributed by atoms with van der Waals surface area (Å²) in [5.74, 6) is -0.332. The molecule has 1 heterocycles. The van der Waals surface area contributed by atoms with Gasteiger partial charge in [0.1, 0.15) is 5.82 Å². The molecule has 0 aliphatic rings. The molecule has 0 radical (unpaired) electrons. The highest BCUT2D eigenvalue weighted by molar-refractivity contribution is 5.91. The first-order valence-corrected chi connectivity index (χ1v) is 7.15. The van der Waals surface area contributed by atoms with Crippen LogP contribution < -0.4 is 14.8 Å². The van der Waals surface area contributed by atoms with E-state index in [4.69, 9.17) is 9.47 Å². The van der Waals surface area contributed by atoms with Crippen LogP contribution in [0.3, 0.4) is 0 Å². The van der Waals surface area contributed by atoms with Crippen LogP contribution in [0.25, 0.3) is 10.9 Å². The second kappa shape index (κ2) is 6.89. The molecular formula is C15H18F3N3O2. The molecule has 23 heavy (non-hydrogen) atoms. The van der Waals surface area contributed by atoms with Crippen molar-refractivity contribution >= 4 is 16.7 Å². The van der Waals surface area contributed by atoms with Crippen LogP contribution in [0.15, 0.2) is 12.1 Å². The Morgan fingerprint density at radius 3 is 2.30 bits per heavy atom. The van der Waals surface area contributed by atoms with Crippen molar-refractivity contribution in [3.63, 3.8) is 0 Å². The van der Waals surface area contributed by atoms with E-state index >= 15 is 0 Å². The predicted molar refractivity (Wildman–Crippen MR) is 81.0 cm³/mol. The SMILES string of the molecule is CCCCNc1nc(C(F)(F)F)nc2cc(OC)c(OC)cc12. The third-order valence-electron chi connectivity index (χ3n) is 3.28. The number of nitrogens with one attached hydrogen (secondary N) is 1. The maximum absolute atomic E-state index is 13.0. The number of unbranched alkanes of at least 4 members (excludes halogenated alkanes) is 1. The van der Waals surface area contributed by atoms with Crippen molar-refractivity contribution in [2.24, 2.45) is 0 Å². The Labute approximate surface area is 131 Å². The molecule has 0 unspecified atom stereocenters. The maximum Gasteiger partial charge on any atom is 0.451 e. The molecule has 1 aromatic heterocycles. The fraction of sp³-hybridized carbons (Fsp3) is 0.467. The minimum Gasteiger partial charge on any atom is -0.493 e. The van der Waals surface area contributed by atoms with Crippen LogP contribution in [0.5, 0.6) is 11.5 Å². The largest absolute Gasteiger partial charge is 0.493 e. The van der Waals surface area contributed by atoms with Gasteiger partial charge in [0.05, 0.1) is 19.7 Å². The molecule has 0 saturated heterocycles. The Balaban J connectivity index is 2.62. The van der Waals surface area contributed by atoms with Crippen LogP contribution in [0.1, 0.15) is 25.6 Å². The zero-order chi connectivity index (χ0) is 17.0. The zero-order valence-corrected chi connectivity index (χ0v) is 13.1. The molecule has 1 N–H and O–H groups in total. The topological polar surface area (TPSA) is 56.3 Å². The first kappa shape index (κ1) is 17.1. The maximum atomic E-state index is 13.0. The van der Waals surface area contributed by atoms with Gasteiger partial charge >= 0.3 is 6.18 Å². The van der Waals surface area contributed by atoms with Gasteiger partial charge < -0.3 is 14.8 Å². The highest BCUT2D eigenvalue weighted by Gasteiger charge is 2.35. The van der Waals surface area contributed by atoms with Crippen molar-refractivity contribution in [2.45, 2.75) is 25.9 Å². The lowest BCUT2D eigenvalue weighted by Crippen LogP contribution is -2.14. The van der Waals surface area contributed by atoms with Crippen molar-refractivity contribution in [1.29, 1.82) is 0 Å². The van der Waals surface area contributed by atoms with Gasteiger partial charge in [-0.1, -0.05) is 13.3 Å². The second-order valence-electron chi connectivity index (χ2n) is 4.90. The average Bonchev–Trinajstić information content (AvgIpc) is 2.52.